The van der Waals surface area contributed by atoms with Gasteiger partial charge >= 0.3 is 0 Å². The van der Waals surface area contributed by atoms with Crippen molar-refractivity contribution in [3.63, 3.8) is 0 Å². The molecule has 0 aliphatic carbocycles. The Bertz CT molecular complexity index is 460. The highest BCUT2D eigenvalue weighted by atomic mass is 16.2. The van der Waals surface area contributed by atoms with E-state index in [0.29, 0.717) is 5.91 Å². The minimum Gasteiger partial charge on any atom is -0.339 e. The molecule has 0 heterocycles. The summed E-state index contributed by atoms with van der Waals surface area (Å²) in [5.74, 6) is 0.342. The van der Waals surface area contributed by atoms with Crippen LogP contribution in [0.25, 0.3) is 0 Å². The highest BCUT2D eigenvalue weighted by Gasteiger charge is 2.11. The van der Waals surface area contributed by atoms with Gasteiger partial charge in [0.1, 0.15) is 0 Å². The quantitative estimate of drug-likeness (QED) is 0.0658. The van der Waals surface area contributed by atoms with Crippen LogP contribution >= 0.6 is 0 Å². The molecule has 0 aliphatic rings. The fourth-order valence-corrected chi connectivity index (χ4v) is 5.42. The van der Waals surface area contributed by atoms with Gasteiger partial charge in [-0.25, -0.2) is 0 Å². The molecule has 2 nitrogen and oxygen atoms in total. The minimum absolute atomic E-state index is 0.342. The van der Waals surface area contributed by atoms with E-state index in [0.717, 1.165) is 32.4 Å². The molecule has 0 spiro atoms. The topological polar surface area (TPSA) is 20.3 Å². The first kappa shape index (κ1) is 36.2. The van der Waals surface area contributed by atoms with Crippen LogP contribution in [0.15, 0.2) is 12.7 Å². The lowest BCUT2D eigenvalue weighted by Crippen LogP contribution is -2.31. The summed E-state index contributed by atoms with van der Waals surface area (Å²) in [6.45, 7) is 10.1. The van der Waals surface area contributed by atoms with Gasteiger partial charge in [-0.1, -0.05) is 180 Å². The molecule has 0 aromatic carbocycles. The third kappa shape index (κ3) is 28.0. The van der Waals surface area contributed by atoms with Crippen molar-refractivity contribution in [3.05, 3.63) is 12.7 Å². The van der Waals surface area contributed by atoms with Gasteiger partial charge in [0.25, 0.3) is 0 Å². The first-order valence-corrected chi connectivity index (χ1v) is 17.1. The van der Waals surface area contributed by atoms with Crippen LogP contribution in [0.3, 0.4) is 0 Å². The van der Waals surface area contributed by atoms with Crippen LogP contribution in [-0.2, 0) is 4.79 Å². The van der Waals surface area contributed by atoms with Gasteiger partial charge in [-0.2, -0.15) is 0 Å². The molecule has 37 heavy (non-hydrogen) atoms. The van der Waals surface area contributed by atoms with Crippen molar-refractivity contribution in [2.75, 3.05) is 13.1 Å². The van der Waals surface area contributed by atoms with E-state index in [1.54, 1.807) is 0 Å². The predicted octanol–water partition coefficient (Wildman–Crippen LogP) is 12.0. The summed E-state index contributed by atoms with van der Waals surface area (Å²) >= 11 is 0. The van der Waals surface area contributed by atoms with Crippen molar-refractivity contribution in [1.29, 1.82) is 0 Å². The van der Waals surface area contributed by atoms with Gasteiger partial charge in [0.15, 0.2) is 0 Å². The van der Waals surface area contributed by atoms with Crippen molar-refractivity contribution in [2.24, 2.45) is 0 Å². The maximum atomic E-state index is 12.6. The van der Waals surface area contributed by atoms with Gasteiger partial charge in [-0.05, 0) is 12.8 Å². The molecule has 2 heteroatoms. The Morgan fingerprint density at radius 1 is 0.486 bits per heavy atom. The summed E-state index contributed by atoms with van der Waals surface area (Å²) in [5, 5.41) is 0. The molecule has 0 radical (unpaired) electrons. The van der Waals surface area contributed by atoms with Crippen molar-refractivity contribution < 1.29 is 4.79 Å². The van der Waals surface area contributed by atoms with Crippen molar-refractivity contribution >= 4 is 5.91 Å². The molecule has 0 bridgehead atoms. The minimum atomic E-state index is 0.342. The van der Waals surface area contributed by atoms with Gasteiger partial charge in [-0.15, -0.1) is 6.58 Å². The van der Waals surface area contributed by atoms with Crippen LogP contribution in [0, 0.1) is 0 Å². The highest BCUT2D eigenvalue weighted by Crippen LogP contribution is 2.15. The Morgan fingerprint density at radius 3 is 1.11 bits per heavy atom. The van der Waals surface area contributed by atoms with Gasteiger partial charge in [0.05, 0.1) is 0 Å². The molecule has 220 valence electrons. The molecule has 0 rings (SSSR count). The van der Waals surface area contributed by atoms with E-state index in [9.17, 15) is 4.79 Å². The fraction of sp³-hybridized carbons (Fsp3) is 0.914. The average Bonchev–Trinajstić information content (AvgIpc) is 2.90. The Kier molecular flexibility index (Phi) is 30.8. The summed E-state index contributed by atoms with van der Waals surface area (Å²) in [6.07, 6.45) is 39.6. The maximum absolute atomic E-state index is 12.6. The zero-order chi connectivity index (χ0) is 27.1. The summed E-state index contributed by atoms with van der Waals surface area (Å²) in [6, 6.07) is 0. The molecule has 0 atom stereocenters. The summed E-state index contributed by atoms with van der Waals surface area (Å²) in [7, 11) is 0. The Hall–Kier alpha value is -0.790. The van der Waals surface area contributed by atoms with Crippen LogP contribution in [0.2, 0.25) is 0 Å². The average molecular weight is 520 g/mol. The fourth-order valence-electron chi connectivity index (χ4n) is 5.42. The monoisotopic (exact) mass is 520 g/mol. The van der Waals surface area contributed by atoms with E-state index >= 15 is 0 Å². The van der Waals surface area contributed by atoms with Crippen molar-refractivity contribution in [2.45, 2.75) is 194 Å². The van der Waals surface area contributed by atoms with Gasteiger partial charge in [-0.3, -0.25) is 4.79 Å². The largest absolute Gasteiger partial charge is 0.339 e. The molecule has 0 N–H and O–H groups in total. The first-order valence-electron chi connectivity index (χ1n) is 17.1. The number of unbranched alkanes of at least 4 members (excludes halogenated alkanes) is 25. The predicted molar refractivity (Wildman–Crippen MR) is 167 cm³/mol. The molecule has 1 amide bonds. The molecule has 0 saturated carbocycles. The second kappa shape index (κ2) is 31.4. The lowest BCUT2D eigenvalue weighted by molar-refractivity contribution is -0.130. The molecule has 0 fully saturated rings. The summed E-state index contributed by atoms with van der Waals surface area (Å²) in [4.78, 5) is 14.7. The highest BCUT2D eigenvalue weighted by molar-refractivity contribution is 5.76. The summed E-state index contributed by atoms with van der Waals surface area (Å²) < 4.78 is 0. The molecule has 0 aliphatic heterocycles. The summed E-state index contributed by atoms with van der Waals surface area (Å²) in [5.41, 5.74) is 0. The molecular weight excluding hydrogens is 450 g/mol. The van der Waals surface area contributed by atoms with E-state index in [2.05, 4.69) is 20.4 Å². The molecule has 0 unspecified atom stereocenters. The zero-order valence-electron chi connectivity index (χ0n) is 25.9. The number of rotatable bonds is 31. The smallest absolute Gasteiger partial charge is 0.222 e. The molecule has 0 aromatic heterocycles. The lowest BCUT2D eigenvalue weighted by atomic mass is 10.0. The van der Waals surface area contributed by atoms with E-state index in [4.69, 9.17) is 0 Å². The van der Waals surface area contributed by atoms with Gasteiger partial charge in [0, 0.05) is 19.5 Å². The molecule has 0 aromatic rings. The van der Waals surface area contributed by atoms with Crippen molar-refractivity contribution in [3.8, 4) is 0 Å². The van der Waals surface area contributed by atoms with Crippen LogP contribution in [0.1, 0.15) is 194 Å². The van der Waals surface area contributed by atoms with E-state index in [1.807, 2.05) is 11.0 Å². The number of carbonyl (C=O) groups excluding carboxylic acids is 1. The SMILES string of the molecule is C=CCN(CCCCCCCCCCCCCCCCCCCC)C(=O)CCCCCCCCCCC. The number of nitrogens with zero attached hydrogens (tertiary/aromatic N) is 1. The van der Waals surface area contributed by atoms with Gasteiger partial charge < -0.3 is 4.90 Å². The molecule has 0 saturated heterocycles. The zero-order valence-corrected chi connectivity index (χ0v) is 25.9. The second-order valence-electron chi connectivity index (χ2n) is 11.7. The van der Waals surface area contributed by atoms with Crippen LogP contribution in [0.4, 0.5) is 0 Å². The van der Waals surface area contributed by atoms with Crippen molar-refractivity contribution in [1.82, 2.24) is 4.90 Å². The third-order valence-corrected chi connectivity index (χ3v) is 7.98. The normalized spacial score (nSPS) is 11.2. The van der Waals surface area contributed by atoms with E-state index in [1.165, 1.54) is 161 Å². The maximum Gasteiger partial charge on any atom is 0.222 e. The number of amides is 1. The number of hydrogen-bond donors (Lipinski definition) is 0. The Morgan fingerprint density at radius 2 is 0.784 bits per heavy atom. The third-order valence-electron chi connectivity index (χ3n) is 7.98. The van der Waals surface area contributed by atoms with Crippen LogP contribution in [0.5, 0.6) is 0 Å². The number of hydrogen-bond acceptors (Lipinski definition) is 1. The second-order valence-corrected chi connectivity index (χ2v) is 11.7. The standard InChI is InChI=1S/C35H69NO/c1-4-7-9-11-13-15-16-17-18-19-20-21-22-23-25-27-29-31-34-36(33-6-3)35(37)32-30-28-26-24-14-12-10-8-5-2/h6H,3-5,7-34H2,1-2H3. The lowest BCUT2D eigenvalue weighted by Gasteiger charge is -2.21. The van der Waals surface area contributed by atoms with E-state index < -0.39 is 0 Å². The van der Waals surface area contributed by atoms with Crippen LogP contribution in [-0.4, -0.2) is 23.9 Å². The van der Waals surface area contributed by atoms with Gasteiger partial charge in [0.2, 0.25) is 5.91 Å². The Balaban J connectivity index is 3.48. The van der Waals surface area contributed by atoms with E-state index in [-0.39, 0.29) is 0 Å². The molecular formula is C35H69NO. The number of carbonyl (C=O) groups is 1. The van der Waals surface area contributed by atoms with Crippen LogP contribution < -0.4 is 0 Å². The first-order chi connectivity index (χ1) is 18.3. The Labute approximate surface area is 234 Å².